The predicted molar refractivity (Wildman–Crippen MR) is 71.3 cm³/mol. The van der Waals surface area contributed by atoms with Gasteiger partial charge in [0, 0.05) is 13.0 Å². The van der Waals surface area contributed by atoms with Crippen LogP contribution in [0.25, 0.3) is 0 Å². The molecule has 1 fully saturated rings. The van der Waals surface area contributed by atoms with Crippen LogP contribution in [0.3, 0.4) is 0 Å². The Balaban J connectivity index is 2.00. The molecule has 1 atom stereocenters. The molecule has 0 aromatic rings. The third-order valence-corrected chi connectivity index (χ3v) is 3.10. The van der Waals surface area contributed by atoms with Crippen molar-refractivity contribution in [2.45, 2.75) is 71.2 Å². The molecule has 1 aliphatic heterocycles. The molecule has 0 spiro atoms. The first-order chi connectivity index (χ1) is 8.53. The average molecular weight is 257 g/mol. The van der Waals surface area contributed by atoms with Gasteiger partial charge in [-0.1, -0.05) is 32.6 Å². The maximum Gasteiger partial charge on any atom is 0.220 e. The maximum atomic E-state index is 11.6. The number of hydrogen-bond acceptors (Lipinski definition) is 3. The molecule has 0 bridgehead atoms. The molecule has 1 saturated heterocycles. The lowest BCUT2D eigenvalue weighted by atomic mass is 10.1. The minimum Gasteiger partial charge on any atom is -0.353 e. The monoisotopic (exact) mass is 257 g/mol. The van der Waals surface area contributed by atoms with E-state index in [-0.39, 0.29) is 12.0 Å². The van der Waals surface area contributed by atoms with Crippen LogP contribution in [0, 0.1) is 0 Å². The van der Waals surface area contributed by atoms with Crippen LogP contribution in [0.4, 0.5) is 0 Å². The highest BCUT2D eigenvalue weighted by atomic mass is 16.7. The normalized spacial score (nSPS) is 22.1. The lowest BCUT2D eigenvalue weighted by Gasteiger charge is -2.17. The van der Waals surface area contributed by atoms with Crippen LogP contribution in [0.1, 0.15) is 59.3 Å². The van der Waals surface area contributed by atoms with Crippen molar-refractivity contribution in [2.75, 3.05) is 13.2 Å². The summed E-state index contributed by atoms with van der Waals surface area (Å²) in [6.07, 6.45) is 6.49. The second-order valence-corrected chi connectivity index (χ2v) is 5.42. The van der Waals surface area contributed by atoms with Crippen molar-refractivity contribution in [2.24, 2.45) is 0 Å². The third kappa shape index (κ3) is 6.36. The van der Waals surface area contributed by atoms with Crippen molar-refractivity contribution in [1.82, 2.24) is 5.32 Å². The van der Waals surface area contributed by atoms with Crippen LogP contribution in [0.2, 0.25) is 0 Å². The van der Waals surface area contributed by atoms with Gasteiger partial charge in [-0.15, -0.1) is 0 Å². The van der Waals surface area contributed by atoms with E-state index in [0.717, 1.165) is 12.8 Å². The molecule has 106 valence electrons. The van der Waals surface area contributed by atoms with Crippen LogP contribution in [0.5, 0.6) is 0 Å². The van der Waals surface area contributed by atoms with Gasteiger partial charge < -0.3 is 14.8 Å². The fourth-order valence-electron chi connectivity index (χ4n) is 2.07. The Morgan fingerprint density at radius 2 is 2.00 bits per heavy atom. The van der Waals surface area contributed by atoms with Gasteiger partial charge in [0.2, 0.25) is 5.91 Å². The molecule has 18 heavy (non-hydrogen) atoms. The van der Waals surface area contributed by atoms with Crippen molar-refractivity contribution in [3.05, 3.63) is 0 Å². The quantitative estimate of drug-likeness (QED) is 0.680. The molecule has 0 aromatic carbocycles. The molecule has 1 N–H and O–H groups in total. The van der Waals surface area contributed by atoms with Crippen LogP contribution in [-0.2, 0) is 14.3 Å². The molecule has 0 aliphatic carbocycles. The topological polar surface area (TPSA) is 47.6 Å². The number of nitrogens with one attached hydrogen (secondary N) is 1. The van der Waals surface area contributed by atoms with Crippen molar-refractivity contribution < 1.29 is 14.3 Å². The van der Waals surface area contributed by atoms with Gasteiger partial charge in [0.05, 0.1) is 6.61 Å². The Kier molecular flexibility index (Phi) is 6.65. The van der Waals surface area contributed by atoms with Gasteiger partial charge in [0.15, 0.2) is 5.79 Å². The van der Waals surface area contributed by atoms with Gasteiger partial charge in [-0.3, -0.25) is 4.79 Å². The summed E-state index contributed by atoms with van der Waals surface area (Å²) in [5, 5.41) is 2.91. The molecule has 1 rings (SSSR count). The summed E-state index contributed by atoms with van der Waals surface area (Å²) in [6.45, 7) is 7.09. The predicted octanol–water partition coefficient (Wildman–Crippen LogP) is 2.61. The Morgan fingerprint density at radius 3 is 2.61 bits per heavy atom. The summed E-state index contributed by atoms with van der Waals surface area (Å²) in [6, 6.07) is 0. The average Bonchev–Trinajstić information content (AvgIpc) is 2.66. The molecular weight excluding hydrogens is 230 g/mol. The smallest absolute Gasteiger partial charge is 0.220 e. The lowest BCUT2D eigenvalue weighted by molar-refractivity contribution is -0.139. The van der Waals surface area contributed by atoms with E-state index < -0.39 is 5.79 Å². The van der Waals surface area contributed by atoms with Gasteiger partial charge in [-0.05, 0) is 20.3 Å². The number of carbonyl (C=O) groups is 1. The highest BCUT2D eigenvalue weighted by molar-refractivity contribution is 5.75. The van der Waals surface area contributed by atoms with Crippen LogP contribution in [-0.4, -0.2) is 30.9 Å². The number of rotatable bonds is 8. The zero-order valence-electron chi connectivity index (χ0n) is 12.0. The molecule has 1 unspecified atom stereocenters. The first-order valence-electron chi connectivity index (χ1n) is 7.12. The highest BCUT2D eigenvalue weighted by Crippen LogP contribution is 2.21. The third-order valence-electron chi connectivity index (χ3n) is 3.10. The summed E-state index contributed by atoms with van der Waals surface area (Å²) in [7, 11) is 0. The number of amides is 1. The van der Waals surface area contributed by atoms with E-state index in [2.05, 4.69) is 12.2 Å². The van der Waals surface area contributed by atoms with E-state index in [1.165, 1.54) is 19.3 Å². The second-order valence-electron chi connectivity index (χ2n) is 5.42. The second kappa shape index (κ2) is 7.74. The van der Waals surface area contributed by atoms with Crippen LogP contribution in [0.15, 0.2) is 0 Å². The van der Waals surface area contributed by atoms with Crippen LogP contribution < -0.4 is 5.32 Å². The molecule has 4 nitrogen and oxygen atoms in total. The molecule has 0 radical (unpaired) electrons. The summed E-state index contributed by atoms with van der Waals surface area (Å²) >= 11 is 0. The Bertz CT molecular complexity index is 253. The fraction of sp³-hybridized carbons (Fsp3) is 0.929. The lowest BCUT2D eigenvalue weighted by Crippen LogP contribution is -2.34. The van der Waals surface area contributed by atoms with Crippen molar-refractivity contribution >= 4 is 5.91 Å². The van der Waals surface area contributed by atoms with E-state index in [4.69, 9.17) is 9.47 Å². The Hall–Kier alpha value is -0.610. The SMILES string of the molecule is CCCCCCCC(=O)NCC1COC(C)(C)O1. The zero-order chi connectivity index (χ0) is 13.4. The van der Waals surface area contributed by atoms with Gasteiger partial charge >= 0.3 is 0 Å². The summed E-state index contributed by atoms with van der Waals surface area (Å²) < 4.78 is 11.1. The molecule has 0 aromatic heterocycles. The summed E-state index contributed by atoms with van der Waals surface area (Å²) in [5.74, 6) is -0.380. The number of hydrogen-bond donors (Lipinski definition) is 1. The molecule has 0 saturated carbocycles. The number of unbranched alkanes of at least 4 members (excludes halogenated alkanes) is 4. The standard InChI is InChI=1S/C14H27NO3/c1-4-5-6-7-8-9-13(16)15-10-12-11-17-14(2,3)18-12/h12H,4-11H2,1-3H3,(H,15,16). The van der Waals surface area contributed by atoms with Gasteiger partial charge in [0.1, 0.15) is 6.10 Å². The van der Waals surface area contributed by atoms with E-state index >= 15 is 0 Å². The largest absolute Gasteiger partial charge is 0.353 e. The molecule has 1 amide bonds. The van der Waals surface area contributed by atoms with E-state index in [1.54, 1.807) is 0 Å². The fourth-order valence-corrected chi connectivity index (χ4v) is 2.07. The van der Waals surface area contributed by atoms with E-state index in [9.17, 15) is 4.79 Å². The van der Waals surface area contributed by atoms with E-state index in [0.29, 0.717) is 19.6 Å². The molecule has 1 heterocycles. The Morgan fingerprint density at radius 1 is 1.28 bits per heavy atom. The number of carbonyl (C=O) groups excluding carboxylic acids is 1. The van der Waals surface area contributed by atoms with E-state index in [1.807, 2.05) is 13.8 Å². The maximum absolute atomic E-state index is 11.6. The zero-order valence-corrected chi connectivity index (χ0v) is 12.0. The van der Waals surface area contributed by atoms with Gasteiger partial charge in [-0.25, -0.2) is 0 Å². The number of ether oxygens (including phenoxy) is 2. The van der Waals surface area contributed by atoms with Crippen molar-refractivity contribution in [3.8, 4) is 0 Å². The van der Waals surface area contributed by atoms with Gasteiger partial charge in [-0.2, -0.15) is 0 Å². The highest BCUT2D eigenvalue weighted by Gasteiger charge is 2.32. The first kappa shape index (κ1) is 15.4. The van der Waals surface area contributed by atoms with Crippen molar-refractivity contribution in [3.63, 3.8) is 0 Å². The summed E-state index contributed by atoms with van der Waals surface area (Å²) in [5.41, 5.74) is 0. The minimum absolute atomic E-state index is 0.0101. The summed E-state index contributed by atoms with van der Waals surface area (Å²) in [4.78, 5) is 11.6. The molecular formula is C14H27NO3. The Labute approximate surface area is 110 Å². The van der Waals surface area contributed by atoms with Crippen LogP contribution >= 0.6 is 0 Å². The van der Waals surface area contributed by atoms with Gasteiger partial charge in [0.25, 0.3) is 0 Å². The first-order valence-corrected chi connectivity index (χ1v) is 7.12. The van der Waals surface area contributed by atoms with Crippen molar-refractivity contribution in [1.29, 1.82) is 0 Å². The minimum atomic E-state index is -0.504. The molecule has 1 aliphatic rings. The molecule has 4 heteroatoms.